The summed E-state index contributed by atoms with van der Waals surface area (Å²) in [6.07, 6.45) is -1.15. The minimum Gasteiger partial charge on any atom is -0.384 e. The summed E-state index contributed by atoms with van der Waals surface area (Å²) in [6.45, 7) is 0. The predicted octanol–water partition coefficient (Wildman–Crippen LogP) is 3.60. The Hall–Kier alpha value is -1.44. The summed E-state index contributed by atoms with van der Waals surface area (Å²) in [7, 11) is 0. The Labute approximate surface area is 135 Å². The SMILES string of the molecule is O=c1[nH]c2cc(Br)c(C(O)c3cccc(Br)c3F)cc2[nH]1. The number of halogens is 3. The van der Waals surface area contributed by atoms with Gasteiger partial charge in [-0.15, -0.1) is 0 Å². The number of hydrogen-bond donors (Lipinski definition) is 3. The Morgan fingerprint density at radius 3 is 2.43 bits per heavy atom. The van der Waals surface area contributed by atoms with Crippen molar-refractivity contribution in [1.29, 1.82) is 0 Å². The van der Waals surface area contributed by atoms with Crippen LogP contribution in [0, 0.1) is 5.82 Å². The Morgan fingerprint density at radius 1 is 1.05 bits per heavy atom. The van der Waals surface area contributed by atoms with E-state index in [2.05, 4.69) is 41.8 Å². The van der Waals surface area contributed by atoms with Crippen molar-refractivity contribution in [2.24, 2.45) is 0 Å². The Bertz CT molecular complexity index is 888. The van der Waals surface area contributed by atoms with Crippen molar-refractivity contribution in [3.05, 3.63) is 66.7 Å². The maximum atomic E-state index is 14.1. The minimum absolute atomic E-state index is 0.155. The molecule has 0 aliphatic carbocycles. The van der Waals surface area contributed by atoms with Gasteiger partial charge in [0, 0.05) is 15.6 Å². The van der Waals surface area contributed by atoms with Crippen LogP contribution in [0.5, 0.6) is 0 Å². The summed E-state index contributed by atoms with van der Waals surface area (Å²) in [4.78, 5) is 16.5. The average Bonchev–Trinajstić information content (AvgIpc) is 2.79. The molecule has 7 heteroatoms. The van der Waals surface area contributed by atoms with Gasteiger partial charge in [-0.25, -0.2) is 9.18 Å². The molecule has 108 valence electrons. The molecule has 0 amide bonds. The molecular formula is C14H9Br2FN2O2. The van der Waals surface area contributed by atoms with Gasteiger partial charge in [-0.1, -0.05) is 28.1 Å². The van der Waals surface area contributed by atoms with Crippen LogP contribution in [-0.2, 0) is 0 Å². The van der Waals surface area contributed by atoms with Gasteiger partial charge in [-0.05, 0) is 34.1 Å². The molecular weight excluding hydrogens is 407 g/mol. The van der Waals surface area contributed by atoms with Gasteiger partial charge >= 0.3 is 5.69 Å². The number of fused-ring (bicyclic) bond motifs is 1. The third kappa shape index (κ3) is 2.56. The van der Waals surface area contributed by atoms with Gasteiger partial charge in [0.15, 0.2) is 0 Å². The maximum Gasteiger partial charge on any atom is 0.323 e. The van der Waals surface area contributed by atoms with Gasteiger partial charge in [0.05, 0.1) is 15.5 Å². The number of aromatic amines is 2. The second kappa shape index (κ2) is 5.40. The third-order valence-corrected chi connectivity index (χ3v) is 4.50. The van der Waals surface area contributed by atoms with E-state index in [-0.39, 0.29) is 15.7 Å². The topological polar surface area (TPSA) is 68.9 Å². The van der Waals surface area contributed by atoms with E-state index in [1.54, 1.807) is 24.3 Å². The molecule has 1 heterocycles. The number of hydrogen-bond acceptors (Lipinski definition) is 2. The van der Waals surface area contributed by atoms with Gasteiger partial charge in [0.1, 0.15) is 11.9 Å². The molecule has 1 atom stereocenters. The normalized spacial score (nSPS) is 12.8. The quantitative estimate of drug-likeness (QED) is 0.598. The highest BCUT2D eigenvalue weighted by molar-refractivity contribution is 9.10. The highest BCUT2D eigenvalue weighted by Gasteiger charge is 2.20. The lowest BCUT2D eigenvalue weighted by Crippen LogP contribution is -2.04. The number of benzene rings is 2. The van der Waals surface area contributed by atoms with Crippen molar-refractivity contribution in [3.8, 4) is 0 Å². The molecule has 0 aliphatic heterocycles. The van der Waals surface area contributed by atoms with Gasteiger partial charge in [0.2, 0.25) is 0 Å². The van der Waals surface area contributed by atoms with E-state index in [1.807, 2.05) is 0 Å². The highest BCUT2D eigenvalue weighted by Crippen LogP contribution is 2.33. The zero-order chi connectivity index (χ0) is 15.1. The fraction of sp³-hybridized carbons (Fsp3) is 0.0714. The number of aromatic nitrogens is 2. The van der Waals surface area contributed by atoms with Crippen LogP contribution in [0.3, 0.4) is 0 Å². The van der Waals surface area contributed by atoms with E-state index < -0.39 is 11.9 Å². The molecule has 2 aromatic carbocycles. The Morgan fingerprint density at radius 2 is 1.71 bits per heavy atom. The van der Waals surface area contributed by atoms with Crippen molar-refractivity contribution in [1.82, 2.24) is 9.97 Å². The van der Waals surface area contributed by atoms with E-state index in [9.17, 15) is 14.3 Å². The van der Waals surface area contributed by atoms with Crippen molar-refractivity contribution in [2.45, 2.75) is 6.10 Å². The molecule has 3 aromatic rings. The number of rotatable bonds is 2. The zero-order valence-corrected chi connectivity index (χ0v) is 13.6. The van der Waals surface area contributed by atoms with Crippen LogP contribution in [0.15, 0.2) is 44.1 Å². The summed E-state index contributed by atoms with van der Waals surface area (Å²) in [5, 5.41) is 10.5. The van der Waals surface area contributed by atoms with E-state index in [4.69, 9.17) is 0 Å². The molecule has 0 aliphatic rings. The summed E-state index contributed by atoms with van der Waals surface area (Å²) < 4.78 is 15.0. The van der Waals surface area contributed by atoms with E-state index >= 15 is 0 Å². The lowest BCUT2D eigenvalue weighted by molar-refractivity contribution is 0.214. The molecule has 1 unspecified atom stereocenters. The Balaban J connectivity index is 2.16. The average molecular weight is 416 g/mol. The monoisotopic (exact) mass is 414 g/mol. The first-order chi connectivity index (χ1) is 9.97. The molecule has 21 heavy (non-hydrogen) atoms. The molecule has 4 nitrogen and oxygen atoms in total. The first-order valence-corrected chi connectivity index (χ1v) is 7.59. The molecule has 0 bridgehead atoms. The molecule has 0 spiro atoms. The van der Waals surface area contributed by atoms with Gasteiger partial charge < -0.3 is 15.1 Å². The van der Waals surface area contributed by atoms with Crippen molar-refractivity contribution < 1.29 is 9.50 Å². The molecule has 1 aromatic heterocycles. The number of H-pyrrole nitrogens is 2. The van der Waals surface area contributed by atoms with Crippen LogP contribution in [0.1, 0.15) is 17.2 Å². The summed E-state index contributed by atoms with van der Waals surface area (Å²) in [6, 6.07) is 8.01. The molecule has 0 saturated heterocycles. The maximum absolute atomic E-state index is 14.1. The van der Waals surface area contributed by atoms with E-state index in [0.29, 0.717) is 21.1 Å². The van der Waals surface area contributed by atoms with Crippen molar-refractivity contribution in [3.63, 3.8) is 0 Å². The predicted molar refractivity (Wildman–Crippen MR) is 84.8 cm³/mol. The fourth-order valence-corrected chi connectivity index (χ4v) is 3.12. The number of aliphatic hydroxyl groups excluding tert-OH is 1. The highest BCUT2D eigenvalue weighted by atomic mass is 79.9. The van der Waals surface area contributed by atoms with E-state index in [0.717, 1.165) is 0 Å². The van der Waals surface area contributed by atoms with Gasteiger partial charge in [-0.2, -0.15) is 0 Å². The van der Waals surface area contributed by atoms with Crippen LogP contribution < -0.4 is 5.69 Å². The largest absolute Gasteiger partial charge is 0.384 e. The van der Waals surface area contributed by atoms with Crippen LogP contribution in [0.4, 0.5) is 4.39 Å². The fourth-order valence-electron chi connectivity index (χ4n) is 2.18. The van der Waals surface area contributed by atoms with Crippen LogP contribution in [0.25, 0.3) is 11.0 Å². The number of nitrogens with one attached hydrogen (secondary N) is 2. The van der Waals surface area contributed by atoms with Crippen LogP contribution in [0.2, 0.25) is 0 Å². The second-order valence-corrected chi connectivity index (χ2v) is 6.25. The van der Waals surface area contributed by atoms with Crippen molar-refractivity contribution in [2.75, 3.05) is 0 Å². The first-order valence-electron chi connectivity index (χ1n) is 6.01. The molecule has 3 rings (SSSR count). The smallest absolute Gasteiger partial charge is 0.323 e. The molecule has 0 fully saturated rings. The molecule has 3 N–H and O–H groups in total. The standard InChI is InChI=1S/C14H9Br2FN2O2/c15-8-3-1-2-6(12(8)17)13(20)7-4-10-11(5-9(7)16)19-14(21)18-10/h1-5,13,20H,(H2,18,19,21). The summed E-state index contributed by atoms with van der Waals surface area (Å²) in [5.74, 6) is -0.514. The zero-order valence-electron chi connectivity index (χ0n) is 10.5. The minimum atomic E-state index is -1.15. The number of aliphatic hydroxyl groups is 1. The first kappa shape index (κ1) is 14.5. The van der Waals surface area contributed by atoms with Crippen LogP contribution >= 0.6 is 31.9 Å². The third-order valence-electron chi connectivity index (χ3n) is 3.20. The lowest BCUT2D eigenvalue weighted by Gasteiger charge is -2.15. The van der Waals surface area contributed by atoms with Crippen LogP contribution in [-0.4, -0.2) is 15.1 Å². The van der Waals surface area contributed by atoms with E-state index in [1.165, 1.54) is 6.07 Å². The van der Waals surface area contributed by atoms with Crippen molar-refractivity contribution >= 4 is 42.9 Å². The number of imidazole rings is 1. The molecule has 0 saturated carbocycles. The van der Waals surface area contributed by atoms with Gasteiger partial charge in [-0.3, -0.25) is 0 Å². The molecule has 0 radical (unpaired) electrons. The second-order valence-electron chi connectivity index (χ2n) is 4.54. The lowest BCUT2D eigenvalue weighted by atomic mass is 10.0. The summed E-state index contributed by atoms with van der Waals surface area (Å²) >= 11 is 6.44. The Kier molecular flexibility index (Phi) is 3.73. The summed E-state index contributed by atoms with van der Waals surface area (Å²) in [5.41, 5.74) is 1.44. The van der Waals surface area contributed by atoms with Gasteiger partial charge in [0.25, 0.3) is 0 Å².